The van der Waals surface area contributed by atoms with Crippen molar-refractivity contribution in [2.75, 3.05) is 6.54 Å². The number of piperidine rings is 2. The van der Waals surface area contributed by atoms with Crippen molar-refractivity contribution >= 4 is 17.5 Å². The minimum absolute atomic E-state index is 0.146. The Bertz CT molecular complexity index is 821. The number of amides is 1. The zero-order valence-electron chi connectivity index (χ0n) is 16.5. The van der Waals surface area contributed by atoms with Gasteiger partial charge in [-0.2, -0.15) is 0 Å². The highest BCUT2D eigenvalue weighted by Gasteiger charge is 2.33. The number of benzene rings is 2. The lowest BCUT2D eigenvalue weighted by Gasteiger charge is -2.45. The highest BCUT2D eigenvalue weighted by Crippen LogP contribution is 2.39. The Morgan fingerprint density at radius 2 is 1.86 bits per heavy atom. The number of carbonyl (C=O) groups is 1. The topological polar surface area (TPSA) is 32.3 Å². The van der Waals surface area contributed by atoms with Crippen LogP contribution >= 0.6 is 11.6 Å². The molecule has 2 aromatic carbocycles. The van der Waals surface area contributed by atoms with E-state index >= 15 is 0 Å². The number of carbonyl (C=O) groups excluding carboxylic acids is 1. The normalized spacial score (nSPS) is 23.6. The Morgan fingerprint density at radius 1 is 1.07 bits per heavy atom. The van der Waals surface area contributed by atoms with Crippen molar-refractivity contribution in [3.8, 4) is 0 Å². The molecule has 4 rings (SSSR count). The van der Waals surface area contributed by atoms with E-state index in [0.29, 0.717) is 11.6 Å². The Labute approximate surface area is 173 Å². The highest BCUT2D eigenvalue weighted by molar-refractivity contribution is 6.22. The summed E-state index contributed by atoms with van der Waals surface area (Å²) in [6.45, 7) is 3.32. The van der Waals surface area contributed by atoms with Crippen molar-refractivity contribution in [2.24, 2.45) is 0 Å². The quantitative estimate of drug-likeness (QED) is 0.527. The molecule has 28 heavy (non-hydrogen) atoms. The van der Waals surface area contributed by atoms with Gasteiger partial charge in [0, 0.05) is 17.6 Å². The lowest BCUT2D eigenvalue weighted by Crippen LogP contribution is -2.44. The van der Waals surface area contributed by atoms with E-state index in [4.69, 9.17) is 11.6 Å². The Balaban J connectivity index is 1.49. The van der Waals surface area contributed by atoms with Gasteiger partial charge in [0.2, 0.25) is 0 Å². The van der Waals surface area contributed by atoms with Gasteiger partial charge in [-0.1, -0.05) is 54.4 Å². The van der Waals surface area contributed by atoms with Gasteiger partial charge in [-0.15, -0.1) is 0 Å². The summed E-state index contributed by atoms with van der Waals surface area (Å²) in [5, 5.41) is 2.91. The molecule has 2 heterocycles. The van der Waals surface area contributed by atoms with Gasteiger partial charge in [-0.3, -0.25) is 9.69 Å². The molecule has 4 heteroatoms. The van der Waals surface area contributed by atoms with Gasteiger partial charge in [-0.25, -0.2) is 0 Å². The third-order valence-corrected chi connectivity index (χ3v) is 6.68. The molecular formula is C24H29ClN2O. The zero-order valence-corrected chi connectivity index (χ0v) is 17.3. The average Bonchev–Trinajstić information content (AvgIpc) is 2.73. The van der Waals surface area contributed by atoms with Gasteiger partial charge in [0.15, 0.2) is 0 Å². The van der Waals surface area contributed by atoms with E-state index in [2.05, 4.69) is 35.3 Å². The smallest absolute Gasteiger partial charge is 0.252 e. The fraction of sp³-hybridized carbons (Fsp3) is 0.458. The predicted octanol–water partition coefficient (Wildman–Crippen LogP) is 5.74. The second-order valence-electron chi connectivity index (χ2n) is 8.15. The van der Waals surface area contributed by atoms with Crippen LogP contribution in [0.25, 0.3) is 0 Å². The molecule has 3 atom stereocenters. The Morgan fingerprint density at radius 3 is 2.64 bits per heavy atom. The molecular weight excluding hydrogens is 368 g/mol. The molecule has 1 N–H and O–H groups in total. The van der Waals surface area contributed by atoms with Crippen molar-refractivity contribution in [1.29, 1.82) is 0 Å². The summed E-state index contributed by atoms with van der Waals surface area (Å²) in [5.74, 6) is -0.146. The van der Waals surface area contributed by atoms with Crippen LogP contribution in [0, 0.1) is 6.92 Å². The third-order valence-electron chi connectivity index (χ3n) is 6.33. The third kappa shape index (κ3) is 4.11. The molecule has 0 bridgehead atoms. The predicted molar refractivity (Wildman–Crippen MR) is 115 cm³/mol. The molecule has 3 nitrogen and oxygen atoms in total. The van der Waals surface area contributed by atoms with E-state index in [1.54, 1.807) is 12.1 Å². The number of alkyl halides is 1. The fourth-order valence-electron chi connectivity index (χ4n) is 4.87. The van der Waals surface area contributed by atoms with Crippen LogP contribution in [0.1, 0.15) is 77.1 Å². The van der Waals surface area contributed by atoms with Crippen molar-refractivity contribution in [3.63, 3.8) is 0 Å². The lowest BCUT2D eigenvalue weighted by molar-refractivity contribution is 0.0518. The Hall–Kier alpha value is -1.84. The summed E-state index contributed by atoms with van der Waals surface area (Å²) in [6, 6.07) is 17.1. The van der Waals surface area contributed by atoms with Crippen LogP contribution in [-0.2, 0) is 0 Å². The van der Waals surface area contributed by atoms with Crippen molar-refractivity contribution in [3.05, 3.63) is 70.8 Å². The van der Waals surface area contributed by atoms with E-state index in [-0.39, 0.29) is 5.91 Å². The van der Waals surface area contributed by atoms with Gasteiger partial charge in [0.05, 0.1) is 0 Å². The molecule has 1 amide bonds. The van der Waals surface area contributed by atoms with Crippen LogP contribution in [0.3, 0.4) is 0 Å². The molecule has 0 radical (unpaired) electrons. The van der Waals surface area contributed by atoms with Crippen molar-refractivity contribution in [1.82, 2.24) is 10.2 Å². The van der Waals surface area contributed by atoms with E-state index in [1.165, 1.54) is 50.6 Å². The van der Waals surface area contributed by atoms with Crippen molar-refractivity contribution in [2.45, 2.75) is 63.0 Å². The summed E-state index contributed by atoms with van der Waals surface area (Å²) in [7, 11) is 0. The van der Waals surface area contributed by atoms with Crippen molar-refractivity contribution < 1.29 is 4.79 Å². The largest absolute Gasteiger partial charge is 0.332 e. The molecule has 2 aliphatic heterocycles. The van der Waals surface area contributed by atoms with E-state index in [1.807, 2.05) is 18.2 Å². The number of halogens is 1. The monoisotopic (exact) mass is 396 g/mol. The number of rotatable bonds is 4. The maximum atomic E-state index is 12.4. The van der Waals surface area contributed by atoms with Crippen LogP contribution in [-0.4, -0.2) is 23.4 Å². The number of nitrogens with zero attached hydrogens (tertiary/aromatic N) is 1. The van der Waals surface area contributed by atoms with E-state index < -0.39 is 5.50 Å². The first-order valence-electron chi connectivity index (χ1n) is 10.5. The highest BCUT2D eigenvalue weighted by atomic mass is 35.5. The lowest BCUT2D eigenvalue weighted by atomic mass is 9.85. The van der Waals surface area contributed by atoms with Crippen LogP contribution in [0.5, 0.6) is 0 Å². The van der Waals surface area contributed by atoms with E-state index in [0.717, 1.165) is 17.2 Å². The average molecular weight is 397 g/mol. The number of fused-ring (bicyclic) bond motifs is 1. The fourth-order valence-corrected chi connectivity index (χ4v) is 5.21. The number of hydrogen-bond acceptors (Lipinski definition) is 2. The second-order valence-corrected chi connectivity index (χ2v) is 8.59. The second kappa shape index (κ2) is 8.67. The minimum atomic E-state index is -0.532. The van der Waals surface area contributed by atoms with Gasteiger partial charge in [-0.05, 0) is 74.4 Å². The number of aryl methyl sites for hydroxylation is 1. The molecule has 2 saturated heterocycles. The standard InChI is InChI=1S/C24H29ClN2O/c1-17-16-19(22-12-7-11-20-10-5-6-15-27(20)22)13-14-21(17)23(25)26-24(28)18-8-3-2-4-9-18/h2-4,8-9,13-14,16,20,22-23H,5-7,10-12,15H2,1H3,(H,26,28). The molecule has 0 aliphatic carbocycles. The van der Waals surface area contributed by atoms with Crippen LogP contribution in [0.4, 0.5) is 0 Å². The number of nitrogens with one attached hydrogen (secondary N) is 1. The molecule has 3 unspecified atom stereocenters. The van der Waals surface area contributed by atoms with Gasteiger partial charge in [0.25, 0.3) is 5.91 Å². The van der Waals surface area contributed by atoms with Crippen LogP contribution < -0.4 is 5.32 Å². The molecule has 148 valence electrons. The molecule has 2 fully saturated rings. The molecule has 2 aromatic rings. The van der Waals surface area contributed by atoms with Crippen LogP contribution in [0.2, 0.25) is 0 Å². The Kier molecular flexibility index (Phi) is 6.03. The van der Waals surface area contributed by atoms with Crippen LogP contribution in [0.15, 0.2) is 48.5 Å². The SMILES string of the molecule is Cc1cc(C2CCCC3CCCCN32)ccc1C(Cl)NC(=O)c1ccccc1. The number of hydrogen-bond donors (Lipinski definition) is 1. The summed E-state index contributed by atoms with van der Waals surface area (Å²) in [6.07, 6.45) is 7.95. The summed E-state index contributed by atoms with van der Waals surface area (Å²) >= 11 is 6.56. The minimum Gasteiger partial charge on any atom is -0.332 e. The maximum absolute atomic E-state index is 12.4. The first-order chi connectivity index (χ1) is 13.6. The zero-order chi connectivity index (χ0) is 19.5. The van der Waals surface area contributed by atoms with Gasteiger partial charge < -0.3 is 5.32 Å². The summed E-state index contributed by atoms with van der Waals surface area (Å²) < 4.78 is 0. The van der Waals surface area contributed by atoms with Gasteiger partial charge in [0.1, 0.15) is 5.50 Å². The van der Waals surface area contributed by atoms with Gasteiger partial charge >= 0.3 is 0 Å². The molecule has 0 spiro atoms. The van der Waals surface area contributed by atoms with E-state index in [9.17, 15) is 4.79 Å². The summed E-state index contributed by atoms with van der Waals surface area (Å²) in [5.41, 5.74) is 3.61. The maximum Gasteiger partial charge on any atom is 0.252 e. The molecule has 0 aromatic heterocycles. The summed E-state index contributed by atoms with van der Waals surface area (Å²) in [4.78, 5) is 15.1. The first kappa shape index (κ1) is 19.5. The molecule has 2 aliphatic rings. The molecule has 0 saturated carbocycles. The first-order valence-corrected chi connectivity index (χ1v) is 10.9.